The standard InChI is InChI=1S/C13H20N2O/c1-16-12-7-5-10(13(14)9-12)4-6-11-3-2-8-15-11/h5,7,9,11,15H,2-4,6,8,14H2,1H3. The highest BCUT2D eigenvalue weighted by molar-refractivity contribution is 5.51. The third-order valence-electron chi connectivity index (χ3n) is 3.28. The molecule has 1 heterocycles. The number of nitrogens with one attached hydrogen (secondary N) is 1. The van der Waals surface area contributed by atoms with Gasteiger partial charge in [0, 0.05) is 17.8 Å². The Morgan fingerprint density at radius 2 is 2.38 bits per heavy atom. The Labute approximate surface area is 97.0 Å². The fourth-order valence-electron chi connectivity index (χ4n) is 2.26. The summed E-state index contributed by atoms with van der Waals surface area (Å²) in [4.78, 5) is 0. The Hall–Kier alpha value is -1.22. The van der Waals surface area contributed by atoms with Crippen molar-refractivity contribution >= 4 is 5.69 Å². The van der Waals surface area contributed by atoms with E-state index < -0.39 is 0 Å². The lowest BCUT2D eigenvalue weighted by Crippen LogP contribution is -2.21. The molecule has 1 aliphatic heterocycles. The number of benzene rings is 1. The maximum atomic E-state index is 5.98. The molecule has 1 unspecified atom stereocenters. The molecule has 0 saturated carbocycles. The van der Waals surface area contributed by atoms with Crippen LogP contribution in [0.4, 0.5) is 5.69 Å². The molecule has 16 heavy (non-hydrogen) atoms. The van der Waals surface area contributed by atoms with Gasteiger partial charge in [-0.15, -0.1) is 0 Å². The SMILES string of the molecule is COc1ccc(CCC2CCCN2)c(N)c1. The molecule has 0 aliphatic carbocycles. The molecule has 2 rings (SSSR count). The van der Waals surface area contributed by atoms with Crippen LogP contribution >= 0.6 is 0 Å². The summed E-state index contributed by atoms with van der Waals surface area (Å²) in [7, 11) is 1.66. The van der Waals surface area contributed by atoms with Crippen molar-refractivity contribution in [1.29, 1.82) is 0 Å². The molecule has 1 aromatic rings. The first kappa shape index (κ1) is 11.3. The minimum Gasteiger partial charge on any atom is -0.497 e. The van der Waals surface area contributed by atoms with E-state index in [1.165, 1.54) is 31.4 Å². The van der Waals surface area contributed by atoms with Gasteiger partial charge in [0.1, 0.15) is 5.75 Å². The van der Waals surface area contributed by atoms with Gasteiger partial charge in [-0.25, -0.2) is 0 Å². The highest BCUT2D eigenvalue weighted by Crippen LogP contribution is 2.22. The van der Waals surface area contributed by atoms with E-state index in [1.807, 2.05) is 12.1 Å². The van der Waals surface area contributed by atoms with Crippen molar-refractivity contribution in [2.75, 3.05) is 19.4 Å². The van der Waals surface area contributed by atoms with Gasteiger partial charge >= 0.3 is 0 Å². The van der Waals surface area contributed by atoms with Crippen LogP contribution in [0.5, 0.6) is 5.75 Å². The summed E-state index contributed by atoms with van der Waals surface area (Å²) in [5.74, 6) is 0.834. The van der Waals surface area contributed by atoms with Crippen molar-refractivity contribution in [3.05, 3.63) is 23.8 Å². The summed E-state index contributed by atoms with van der Waals surface area (Å²) in [5.41, 5.74) is 8.06. The monoisotopic (exact) mass is 220 g/mol. The highest BCUT2D eigenvalue weighted by atomic mass is 16.5. The summed E-state index contributed by atoms with van der Waals surface area (Å²) in [6.07, 6.45) is 4.84. The van der Waals surface area contributed by atoms with Crippen molar-refractivity contribution in [1.82, 2.24) is 5.32 Å². The summed E-state index contributed by atoms with van der Waals surface area (Å²) in [6, 6.07) is 6.63. The predicted octanol–water partition coefficient (Wildman–Crippen LogP) is 1.96. The Morgan fingerprint density at radius 1 is 1.50 bits per heavy atom. The predicted molar refractivity (Wildman–Crippen MR) is 66.8 cm³/mol. The van der Waals surface area contributed by atoms with Crippen LogP contribution in [0, 0.1) is 0 Å². The van der Waals surface area contributed by atoms with Crippen LogP contribution in [0.1, 0.15) is 24.8 Å². The van der Waals surface area contributed by atoms with E-state index in [4.69, 9.17) is 10.5 Å². The molecule has 3 nitrogen and oxygen atoms in total. The van der Waals surface area contributed by atoms with Gasteiger partial charge in [-0.2, -0.15) is 0 Å². The summed E-state index contributed by atoms with van der Waals surface area (Å²) < 4.78 is 5.14. The van der Waals surface area contributed by atoms with E-state index in [-0.39, 0.29) is 0 Å². The lowest BCUT2D eigenvalue weighted by atomic mass is 10.0. The average Bonchev–Trinajstić information content (AvgIpc) is 2.80. The third kappa shape index (κ3) is 2.67. The van der Waals surface area contributed by atoms with Crippen molar-refractivity contribution < 1.29 is 4.74 Å². The first-order chi connectivity index (χ1) is 7.79. The molecule has 1 atom stereocenters. The van der Waals surface area contributed by atoms with Crippen LogP contribution in [0.2, 0.25) is 0 Å². The second-order valence-corrected chi connectivity index (χ2v) is 4.40. The zero-order valence-corrected chi connectivity index (χ0v) is 9.83. The summed E-state index contributed by atoms with van der Waals surface area (Å²) in [5, 5.41) is 3.50. The molecule has 1 fully saturated rings. The van der Waals surface area contributed by atoms with E-state index in [1.54, 1.807) is 7.11 Å². The normalized spacial score (nSPS) is 19.9. The van der Waals surface area contributed by atoms with Crippen LogP contribution in [0.3, 0.4) is 0 Å². The Bertz CT molecular complexity index is 346. The van der Waals surface area contributed by atoms with Gasteiger partial charge in [-0.05, 0) is 43.9 Å². The summed E-state index contributed by atoms with van der Waals surface area (Å²) in [6.45, 7) is 1.17. The lowest BCUT2D eigenvalue weighted by Gasteiger charge is -2.12. The van der Waals surface area contributed by atoms with Crippen LogP contribution in [-0.4, -0.2) is 19.7 Å². The number of anilines is 1. The Balaban J connectivity index is 1.93. The van der Waals surface area contributed by atoms with Crippen LogP contribution in [0.25, 0.3) is 0 Å². The molecule has 3 heteroatoms. The average molecular weight is 220 g/mol. The molecule has 1 aromatic carbocycles. The molecule has 3 N–H and O–H groups in total. The number of ether oxygens (including phenoxy) is 1. The number of methoxy groups -OCH3 is 1. The van der Waals surface area contributed by atoms with Crippen molar-refractivity contribution in [3.8, 4) is 5.75 Å². The van der Waals surface area contributed by atoms with Crippen LogP contribution < -0.4 is 15.8 Å². The van der Waals surface area contributed by atoms with E-state index in [0.29, 0.717) is 6.04 Å². The minimum absolute atomic E-state index is 0.682. The van der Waals surface area contributed by atoms with E-state index in [2.05, 4.69) is 11.4 Å². The van der Waals surface area contributed by atoms with Crippen LogP contribution in [-0.2, 0) is 6.42 Å². The number of nitrogen functional groups attached to an aromatic ring is 1. The molecule has 0 spiro atoms. The molecule has 1 saturated heterocycles. The number of hydrogen-bond donors (Lipinski definition) is 2. The van der Waals surface area contributed by atoms with Crippen molar-refractivity contribution in [2.24, 2.45) is 0 Å². The van der Waals surface area contributed by atoms with Gasteiger partial charge in [-0.1, -0.05) is 6.07 Å². The zero-order chi connectivity index (χ0) is 11.4. The quantitative estimate of drug-likeness (QED) is 0.763. The molecule has 0 amide bonds. The molecule has 0 bridgehead atoms. The second kappa shape index (κ2) is 5.21. The molecule has 1 aliphatic rings. The fraction of sp³-hybridized carbons (Fsp3) is 0.538. The number of aryl methyl sites for hydroxylation is 1. The first-order valence-electron chi connectivity index (χ1n) is 5.95. The van der Waals surface area contributed by atoms with Gasteiger partial charge in [0.2, 0.25) is 0 Å². The minimum atomic E-state index is 0.682. The topological polar surface area (TPSA) is 47.3 Å². The third-order valence-corrected chi connectivity index (χ3v) is 3.28. The smallest absolute Gasteiger partial charge is 0.120 e. The van der Waals surface area contributed by atoms with Gasteiger partial charge in [0.05, 0.1) is 7.11 Å². The van der Waals surface area contributed by atoms with E-state index >= 15 is 0 Å². The van der Waals surface area contributed by atoms with Gasteiger partial charge in [0.25, 0.3) is 0 Å². The fourth-order valence-corrected chi connectivity index (χ4v) is 2.26. The maximum Gasteiger partial charge on any atom is 0.120 e. The maximum absolute atomic E-state index is 5.98. The number of nitrogens with two attached hydrogens (primary N) is 1. The van der Waals surface area contributed by atoms with Gasteiger partial charge in [-0.3, -0.25) is 0 Å². The van der Waals surface area contributed by atoms with Gasteiger partial charge < -0.3 is 15.8 Å². The second-order valence-electron chi connectivity index (χ2n) is 4.40. The zero-order valence-electron chi connectivity index (χ0n) is 9.83. The number of hydrogen-bond acceptors (Lipinski definition) is 3. The summed E-state index contributed by atoms with van der Waals surface area (Å²) >= 11 is 0. The van der Waals surface area contributed by atoms with E-state index in [9.17, 15) is 0 Å². The largest absolute Gasteiger partial charge is 0.497 e. The Kier molecular flexibility index (Phi) is 3.67. The van der Waals surface area contributed by atoms with Crippen molar-refractivity contribution in [2.45, 2.75) is 31.7 Å². The van der Waals surface area contributed by atoms with Crippen molar-refractivity contribution in [3.63, 3.8) is 0 Å². The molecule has 0 aromatic heterocycles. The van der Waals surface area contributed by atoms with Crippen LogP contribution in [0.15, 0.2) is 18.2 Å². The van der Waals surface area contributed by atoms with Gasteiger partial charge in [0.15, 0.2) is 0 Å². The molecule has 88 valence electrons. The molecular weight excluding hydrogens is 200 g/mol. The lowest BCUT2D eigenvalue weighted by molar-refractivity contribution is 0.415. The molecule has 0 radical (unpaired) electrons. The first-order valence-corrected chi connectivity index (χ1v) is 5.95. The number of rotatable bonds is 4. The highest BCUT2D eigenvalue weighted by Gasteiger charge is 2.14. The van der Waals surface area contributed by atoms with E-state index in [0.717, 1.165) is 17.9 Å². The Morgan fingerprint density at radius 3 is 3.00 bits per heavy atom. The molecular formula is C13H20N2O.